The summed E-state index contributed by atoms with van der Waals surface area (Å²) in [6.07, 6.45) is 1.84. The Labute approximate surface area is 82.1 Å². The highest BCUT2D eigenvalue weighted by atomic mass is 19.1. The Morgan fingerprint density at radius 2 is 2.29 bits per heavy atom. The zero-order valence-corrected chi connectivity index (χ0v) is 7.85. The summed E-state index contributed by atoms with van der Waals surface area (Å²) in [5, 5.41) is 3.31. The Morgan fingerprint density at radius 3 is 3.00 bits per heavy atom. The predicted molar refractivity (Wildman–Crippen MR) is 51.0 cm³/mol. The van der Waals surface area contributed by atoms with Gasteiger partial charge in [-0.05, 0) is 19.0 Å². The monoisotopic (exact) mass is 193 g/mol. The molecule has 0 bridgehead atoms. The van der Waals surface area contributed by atoms with Crippen molar-refractivity contribution >= 4 is 0 Å². The van der Waals surface area contributed by atoms with Crippen LogP contribution in [-0.4, -0.2) is 13.2 Å². The van der Waals surface area contributed by atoms with Gasteiger partial charge in [-0.15, -0.1) is 0 Å². The summed E-state index contributed by atoms with van der Waals surface area (Å²) >= 11 is 0. The minimum Gasteiger partial charge on any atom is -0.492 e. The van der Waals surface area contributed by atoms with E-state index in [-0.39, 0.29) is 5.82 Å². The maximum atomic E-state index is 13.4. The van der Waals surface area contributed by atoms with Crippen LogP contribution in [0.4, 0.5) is 4.39 Å². The molecule has 74 valence electrons. The molecule has 0 radical (unpaired) electrons. The molecule has 1 N–H and O–H groups in total. The van der Waals surface area contributed by atoms with Gasteiger partial charge in [0.05, 0.1) is 6.61 Å². The number of halogens is 1. The Balaban J connectivity index is 2.08. The molecule has 0 saturated carbocycles. The molecule has 3 heteroatoms. The molecule has 1 aromatic carbocycles. The van der Waals surface area contributed by atoms with E-state index in [1.54, 1.807) is 6.07 Å². The van der Waals surface area contributed by atoms with Gasteiger partial charge in [-0.25, -0.2) is 4.39 Å². The first kappa shape index (κ1) is 8.24. The van der Waals surface area contributed by atoms with Crippen LogP contribution in [0.5, 0.6) is 5.75 Å². The Morgan fingerprint density at radius 1 is 1.43 bits per heavy atom. The second-order valence-corrected chi connectivity index (χ2v) is 3.84. The molecule has 14 heavy (non-hydrogen) atoms. The number of rotatable bonds is 1. The standard InChI is InChI=1S/C11H12FNO/c12-9-2-1-8(10-3-5-13-10)11-7(9)4-6-14-11/h1-2,10,13H,3-6H2/t10-/m0/s1. The summed E-state index contributed by atoms with van der Waals surface area (Å²) in [6, 6.07) is 3.78. The van der Waals surface area contributed by atoms with Crippen molar-refractivity contribution in [3.8, 4) is 5.75 Å². The molecule has 1 atom stereocenters. The van der Waals surface area contributed by atoms with Gasteiger partial charge in [0.2, 0.25) is 0 Å². The van der Waals surface area contributed by atoms with Crippen LogP contribution in [0.25, 0.3) is 0 Å². The summed E-state index contributed by atoms with van der Waals surface area (Å²) in [5.74, 6) is 0.669. The van der Waals surface area contributed by atoms with Crippen molar-refractivity contribution in [1.82, 2.24) is 5.32 Å². The number of nitrogens with one attached hydrogen (secondary N) is 1. The van der Waals surface area contributed by atoms with Gasteiger partial charge in [0.1, 0.15) is 11.6 Å². The Hall–Kier alpha value is -1.09. The van der Waals surface area contributed by atoms with E-state index in [4.69, 9.17) is 4.74 Å². The molecule has 0 aliphatic carbocycles. The molecule has 0 spiro atoms. The Bertz CT molecular complexity index is 374. The largest absolute Gasteiger partial charge is 0.492 e. The van der Waals surface area contributed by atoms with Crippen LogP contribution in [0.3, 0.4) is 0 Å². The molecule has 2 aliphatic rings. The molecule has 0 amide bonds. The highest BCUT2D eigenvalue weighted by Crippen LogP contribution is 2.38. The van der Waals surface area contributed by atoms with E-state index < -0.39 is 0 Å². The van der Waals surface area contributed by atoms with Crippen LogP contribution in [-0.2, 0) is 6.42 Å². The lowest BCUT2D eigenvalue weighted by Gasteiger charge is -2.29. The fraction of sp³-hybridized carbons (Fsp3) is 0.455. The summed E-state index contributed by atoms with van der Waals surface area (Å²) in [6.45, 7) is 1.67. The quantitative estimate of drug-likeness (QED) is 0.734. The van der Waals surface area contributed by atoms with Crippen molar-refractivity contribution < 1.29 is 9.13 Å². The molecule has 3 rings (SSSR count). The normalized spacial score (nSPS) is 23.9. The summed E-state index contributed by atoms with van der Waals surface area (Å²) in [7, 11) is 0. The second kappa shape index (κ2) is 2.95. The lowest BCUT2D eigenvalue weighted by Crippen LogP contribution is -2.35. The topological polar surface area (TPSA) is 21.3 Å². The molecule has 1 fully saturated rings. The van der Waals surface area contributed by atoms with Crippen LogP contribution in [0.1, 0.15) is 23.6 Å². The fourth-order valence-corrected chi connectivity index (χ4v) is 2.11. The molecular formula is C11H12FNO. The van der Waals surface area contributed by atoms with E-state index >= 15 is 0 Å². The molecular weight excluding hydrogens is 181 g/mol. The van der Waals surface area contributed by atoms with Gasteiger partial charge in [-0.1, -0.05) is 6.07 Å². The van der Waals surface area contributed by atoms with Gasteiger partial charge in [0.25, 0.3) is 0 Å². The van der Waals surface area contributed by atoms with Crippen LogP contribution in [0.2, 0.25) is 0 Å². The van der Waals surface area contributed by atoms with Crippen molar-refractivity contribution in [2.75, 3.05) is 13.2 Å². The van der Waals surface area contributed by atoms with E-state index in [9.17, 15) is 4.39 Å². The highest BCUT2D eigenvalue weighted by Gasteiger charge is 2.27. The van der Waals surface area contributed by atoms with E-state index in [1.807, 2.05) is 6.07 Å². The number of hydrogen-bond acceptors (Lipinski definition) is 2. The molecule has 1 aromatic rings. The zero-order valence-electron chi connectivity index (χ0n) is 7.85. The smallest absolute Gasteiger partial charge is 0.130 e. The fourth-order valence-electron chi connectivity index (χ4n) is 2.11. The SMILES string of the molecule is Fc1ccc([C@@H]2CCN2)c2c1CCO2. The van der Waals surface area contributed by atoms with Gasteiger partial charge >= 0.3 is 0 Å². The van der Waals surface area contributed by atoms with Crippen LogP contribution < -0.4 is 10.1 Å². The maximum Gasteiger partial charge on any atom is 0.130 e. The first-order valence-corrected chi connectivity index (χ1v) is 5.04. The third-order valence-corrected chi connectivity index (χ3v) is 3.03. The van der Waals surface area contributed by atoms with Gasteiger partial charge in [-0.3, -0.25) is 0 Å². The van der Waals surface area contributed by atoms with Crippen LogP contribution in [0, 0.1) is 5.82 Å². The second-order valence-electron chi connectivity index (χ2n) is 3.84. The Kier molecular flexibility index (Phi) is 1.74. The van der Waals surface area contributed by atoms with E-state index in [1.165, 1.54) is 0 Å². The minimum absolute atomic E-state index is 0.124. The van der Waals surface area contributed by atoms with Gasteiger partial charge in [-0.2, -0.15) is 0 Å². The highest BCUT2D eigenvalue weighted by molar-refractivity contribution is 5.47. The minimum atomic E-state index is -0.124. The number of hydrogen-bond donors (Lipinski definition) is 1. The first-order chi connectivity index (χ1) is 6.86. The van der Waals surface area contributed by atoms with E-state index in [2.05, 4.69) is 5.32 Å². The lowest BCUT2D eigenvalue weighted by molar-refractivity contribution is 0.329. The van der Waals surface area contributed by atoms with Crippen molar-refractivity contribution in [3.05, 3.63) is 29.1 Å². The summed E-state index contributed by atoms with van der Waals surface area (Å²) in [5.41, 5.74) is 1.89. The maximum absolute atomic E-state index is 13.4. The summed E-state index contributed by atoms with van der Waals surface area (Å²) in [4.78, 5) is 0. The molecule has 0 unspecified atom stereocenters. The predicted octanol–water partition coefficient (Wildman–Crippen LogP) is 1.79. The van der Waals surface area contributed by atoms with Crippen molar-refractivity contribution in [2.24, 2.45) is 0 Å². The van der Waals surface area contributed by atoms with Gasteiger partial charge in [0, 0.05) is 23.6 Å². The van der Waals surface area contributed by atoms with Crippen molar-refractivity contribution in [1.29, 1.82) is 0 Å². The molecule has 2 nitrogen and oxygen atoms in total. The molecule has 0 aromatic heterocycles. The molecule has 1 saturated heterocycles. The average Bonchev–Trinajstić information content (AvgIpc) is 2.55. The van der Waals surface area contributed by atoms with Gasteiger partial charge < -0.3 is 10.1 Å². The van der Waals surface area contributed by atoms with Crippen molar-refractivity contribution in [3.63, 3.8) is 0 Å². The third kappa shape index (κ3) is 1.05. The van der Waals surface area contributed by atoms with E-state index in [0.717, 1.165) is 29.8 Å². The third-order valence-electron chi connectivity index (χ3n) is 3.03. The zero-order chi connectivity index (χ0) is 9.54. The number of ether oxygens (including phenoxy) is 1. The summed E-state index contributed by atoms with van der Waals surface area (Å²) < 4.78 is 18.8. The number of fused-ring (bicyclic) bond motifs is 1. The van der Waals surface area contributed by atoms with Gasteiger partial charge in [0.15, 0.2) is 0 Å². The molecule has 2 heterocycles. The number of benzene rings is 1. The first-order valence-electron chi connectivity index (χ1n) is 5.04. The lowest BCUT2D eigenvalue weighted by atomic mass is 9.95. The van der Waals surface area contributed by atoms with Crippen LogP contribution in [0.15, 0.2) is 12.1 Å². The molecule has 2 aliphatic heterocycles. The van der Waals surface area contributed by atoms with Crippen molar-refractivity contribution in [2.45, 2.75) is 18.9 Å². The van der Waals surface area contributed by atoms with Crippen LogP contribution >= 0.6 is 0 Å². The average molecular weight is 193 g/mol. The van der Waals surface area contributed by atoms with E-state index in [0.29, 0.717) is 19.1 Å².